The Kier molecular flexibility index (Phi) is 2.61. The van der Waals surface area contributed by atoms with E-state index in [1.165, 1.54) is 6.26 Å². The molecule has 0 spiro atoms. The molecule has 2 N–H and O–H groups in total. The lowest BCUT2D eigenvalue weighted by molar-refractivity contribution is 0.601. The highest BCUT2D eigenvalue weighted by Crippen LogP contribution is 2.18. The Morgan fingerprint density at radius 2 is 2.00 bits per heavy atom. The molecule has 1 aromatic carbocycles. The van der Waals surface area contributed by atoms with Crippen molar-refractivity contribution in [1.29, 1.82) is 0 Å². The van der Waals surface area contributed by atoms with Crippen LogP contribution >= 0.6 is 0 Å². The molecule has 0 atom stereocenters. The summed E-state index contributed by atoms with van der Waals surface area (Å²) in [5.74, 6) is 0.0144. The minimum Gasteiger partial charge on any atom is -0.398 e. The molecule has 0 amide bonds. The summed E-state index contributed by atoms with van der Waals surface area (Å²) in [6.45, 7) is 1.86. The molecule has 0 saturated carbocycles. The van der Waals surface area contributed by atoms with Crippen LogP contribution in [0.2, 0.25) is 0 Å². The van der Waals surface area contributed by atoms with Crippen LogP contribution in [-0.4, -0.2) is 14.7 Å². The Bertz CT molecular complexity index is 410. The van der Waals surface area contributed by atoms with Gasteiger partial charge in [-0.15, -0.1) is 0 Å². The van der Waals surface area contributed by atoms with E-state index in [9.17, 15) is 8.42 Å². The van der Waals surface area contributed by atoms with Gasteiger partial charge < -0.3 is 5.73 Å². The number of rotatable bonds is 2. The van der Waals surface area contributed by atoms with Crippen molar-refractivity contribution >= 4 is 15.5 Å². The summed E-state index contributed by atoms with van der Waals surface area (Å²) in [5.41, 5.74) is 7.90. The van der Waals surface area contributed by atoms with Gasteiger partial charge in [-0.2, -0.15) is 0 Å². The Hall–Kier alpha value is -1.03. The van der Waals surface area contributed by atoms with Crippen molar-refractivity contribution in [3.63, 3.8) is 0 Å². The summed E-state index contributed by atoms with van der Waals surface area (Å²) in [6, 6.07) is 5.41. The van der Waals surface area contributed by atoms with Gasteiger partial charge in [-0.25, -0.2) is 8.42 Å². The van der Waals surface area contributed by atoms with Crippen molar-refractivity contribution in [3.8, 4) is 0 Å². The molecule has 0 aliphatic heterocycles. The van der Waals surface area contributed by atoms with Gasteiger partial charge in [-0.3, -0.25) is 0 Å². The number of aryl methyl sites for hydroxylation is 1. The quantitative estimate of drug-likeness (QED) is 0.726. The van der Waals surface area contributed by atoms with Crippen molar-refractivity contribution in [1.82, 2.24) is 0 Å². The minimum atomic E-state index is -3.00. The first-order valence-electron chi connectivity index (χ1n) is 3.92. The summed E-state index contributed by atoms with van der Waals surface area (Å²) < 4.78 is 22.0. The number of para-hydroxylation sites is 1. The van der Waals surface area contributed by atoms with Crippen LogP contribution in [-0.2, 0) is 15.6 Å². The first-order chi connectivity index (χ1) is 5.90. The first kappa shape index (κ1) is 10.1. The van der Waals surface area contributed by atoms with Gasteiger partial charge in [0.1, 0.15) is 0 Å². The largest absolute Gasteiger partial charge is 0.398 e. The maximum atomic E-state index is 11.0. The lowest BCUT2D eigenvalue weighted by Crippen LogP contribution is -2.04. The van der Waals surface area contributed by atoms with Gasteiger partial charge in [0.2, 0.25) is 0 Å². The second-order valence-corrected chi connectivity index (χ2v) is 5.36. The lowest BCUT2D eigenvalue weighted by atomic mass is 10.1. The molecule has 0 aliphatic rings. The second kappa shape index (κ2) is 3.38. The maximum absolute atomic E-state index is 11.0. The van der Waals surface area contributed by atoms with E-state index in [4.69, 9.17) is 5.73 Å². The molecule has 0 bridgehead atoms. The third-order valence-electron chi connectivity index (χ3n) is 1.83. The van der Waals surface area contributed by atoms with E-state index < -0.39 is 9.84 Å². The van der Waals surface area contributed by atoms with Crippen LogP contribution in [0.1, 0.15) is 11.1 Å². The molecule has 0 unspecified atom stereocenters. The minimum absolute atomic E-state index is 0.0144. The summed E-state index contributed by atoms with van der Waals surface area (Å²) in [7, 11) is -3.00. The van der Waals surface area contributed by atoms with Crippen LogP contribution < -0.4 is 5.73 Å². The lowest BCUT2D eigenvalue weighted by Gasteiger charge is -2.06. The highest BCUT2D eigenvalue weighted by atomic mass is 32.2. The van der Waals surface area contributed by atoms with Gasteiger partial charge in [0, 0.05) is 11.9 Å². The van der Waals surface area contributed by atoms with E-state index in [2.05, 4.69) is 0 Å². The van der Waals surface area contributed by atoms with Crippen LogP contribution in [0.4, 0.5) is 5.69 Å². The Morgan fingerprint density at radius 1 is 1.38 bits per heavy atom. The van der Waals surface area contributed by atoms with Gasteiger partial charge in [0.15, 0.2) is 9.84 Å². The molecule has 0 heterocycles. The Morgan fingerprint density at radius 3 is 2.54 bits per heavy atom. The number of benzene rings is 1. The number of anilines is 1. The smallest absolute Gasteiger partial charge is 0.151 e. The maximum Gasteiger partial charge on any atom is 0.151 e. The third kappa shape index (κ3) is 2.73. The van der Waals surface area contributed by atoms with E-state index in [-0.39, 0.29) is 5.75 Å². The SMILES string of the molecule is Cc1cccc(CS(C)(=O)=O)c1N. The molecule has 0 saturated heterocycles. The van der Waals surface area contributed by atoms with Crippen molar-refractivity contribution in [3.05, 3.63) is 29.3 Å². The Balaban J connectivity index is 3.10. The van der Waals surface area contributed by atoms with E-state index >= 15 is 0 Å². The van der Waals surface area contributed by atoms with Crippen LogP contribution in [0.25, 0.3) is 0 Å². The highest BCUT2D eigenvalue weighted by Gasteiger charge is 2.08. The fourth-order valence-electron chi connectivity index (χ4n) is 1.15. The van der Waals surface area contributed by atoms with Gasteiger partial charge in [0.05, 0.1) is 5.75 Å². The first-order valence-corrected chi connectivity index (χ1v) is 5.98. The van der Waals surface area contributed by atoms with E-state index in [0.717, 1.165) is 5.56 Å². The van der Waals surface area contributed by atoms with E-state index in [0.29, 0.717) is 11.3 Å². The van der Waals surface area contributed by atoms with Gasteiger partial charge in [0.25, 0.3) is 0 Å². The van der Waals surface area contributed by atoms with Gasteiger partial charge in [-0.05, 0) is 18.1 Å². The van der Waals surface area contributed by atoms with Crippen LogP contribution in [0.5, 0.6) is 0 Å². The fraction of sp³-hybridized carbons (Fsp3) is 0.333. The Labute approximate surface area is 78.5 Å². The summed E-state index contributed by atoms with van der Waals surface area (Å²) in [6.07, 6.45) is 1.20. The van der Waals surface area contributed by atoms with Gasteiger partial charge >= 0.3 is 0 Å². The molecule has 1 aromatic rings. The van der Waals surface area contributed by atoms with E-state index in [1.807, 2.05) is 19.1 Å². The zero-order valence-electron chi connectivity index (χ0n) is 7.74. The van der Waals surface area contributed by atoms with Gasteiger partial charge in [-0.1, -0.05) is 18.2 Å². The molecule has 0 radical (unpaired) electrons. The number of hydrogen-bond acceptors (Lipinski definition) is 3. The number of nitrogen functional groups attached to an aromatic ring is 1. The molecule has 4 heteroatoms. The molecule has 0 aromatic heterocycles. The normalized spacial score (nSPS) is 11.5. The van der Waals surface area contributed by atoms with Crippen molar-refractivity contribution in [2.45, 2.75) is 12.7 Å². The zero-order valence-corrected chi connectivity index (χ0v) is 8.56. The van der Waals surface area contributed by atoms with E-state index in [1.54, 1.807) is 6.07 Å². The topological polar surface area (TPSA) is 60.2 Å². The highest BCUT2D eigenvalue weighted by molar-refractivity contribution is 7.89. The molecular formula is C9H13NO2S. The second-order valence-electron chi connectivity index (χ2n) is 3.22. The molecule has 72 valence electrons. The predicted molar refractivity (Wildman–Crippen MR) is 54.1 cm³/mol. The molecule has 0 aliphatic carbocycles. The van der Waals surface area contributed by atoms with Crippen molar-refractivity contribution in [2.24, 2.45) is 0 Å². The molecule has 13 heavy (non-hydrogen) atoms. The molecule has 0 fully saturated rings. The molecular weight excluding hydrogens is 186 g/mol. The summed E-state index contributed by atoms with van der Waals surface area (Å²) in [5, 5.41) is 0. The standard InChI is InChI=1S/C9H13NO2S/c1-7-4-3-5-8(9(7)10)6-13(2,11)12/h3-5H,6,10H2,1-2H3. The number of hydrogen-bond donors (Lipinski definition) is 1. The number of nitrogens with two attached hydrogens (primary N) is 1. The van der Waals surface area contributed by atoms with Crippen molar-refractivity contribution in [2.75, 3.05) is 12.0 Å². The third-order valence-corrected chi connectivity index (χ3v) is 2.67. The van der Waals surface area contributed by atoms with Crippen LogP contribution in [0.3, 0.4) is 0 Å². The average Bonchev–Trinajstić information content (AvgIpc) is 1.96. The van der Waals surface area contributed by atoms with Crippen LogP contribution in [0.15, 0.2) is 18.2 Å². The fourth-order valence-corrected chi connectivity index (χ4v) is 1.97. The number of sulfone groups is 1. The molecule has 1 rings (SSSR count). The van der Waals surface area contributed by atoms with Crippen molar-refractivity contribution < 1.29 is 8.42 Å². The predicted octanol–water partition coefficient (Wildman–Crippen LogP) is 1.12. The summed E-state index contributed by atoms with van der Waals surface area (Å²) in [4.78, 5) is 0. The van der Waals surface area contributed by atoms with Crippen LogP contribution in [0, 0.1) is 6.92 Å². The monoisotopic (exact) mass is 199 g/mol. The zero-order chi connectivity index (χ0) is 10.1. The summed E-state index contributed by atoms with van der Waals surface area (Å²) >= 11 is 0. The average molecular weight is 199 g/mol. The molecule has 3 nitrogen and oxygen atoms in total.